The van der Waals surface area contributed by atoms with E-state index >= 15 is 0 Å². The summed E-state index contributed by atoms with van der Waals surface area (Å²) in [6.07, 6.45) is 1.55. The Morgan fingerprint density at radius 2 is 1.81 bits per heavy atom. The average Bonchev–Trinajstić information content (AvgIpc) is 3.55. The number of hydrogen-bond acceptors (Lipinski definition) is 7. The smallest absolute Gasteiger partial charge is 0.240 e. The Balaban J connectivity index is 1.52. The highest BCUT2D eigenvalue weighted by atomic mass is 32.2. The number of hydrogen-bond donors (Lipinski definition) is 0. The summed E-state index contributed by atoms with van der Waals surface area (Å²) in [5, 5.41) is 13.0. The van der Waals surface area contributed by atoms with Crippen molar-refractivity contribution >= 4 is 11.8 Å². The second-order valence-corrected chi connectivity index (χ2v) is 8.46. The molecule has 0 aliphatic rings. The van der Waals surface area contributed by atoms with Crippen LogP contribution in [0.25, 0.3) is 28.7 Å². The molecule has 0 amide bonds. The number of nitrogens with zero attached hydrogens (tertiary/aromatic N) is 5. The van der Waals surface area contributed by atoms with Crippen LogP contribution in [0.5, 0.6) is 0 Å². The van der Waals surface area contributed by atoms with Crippen LogP contribution in [0.4, 0.5) is 4.39 Å². The van der Waals surface area contributed by atoms with Crippen LogP contribution in [0.1, 0.15) is 23.6 Å². The number of furan rings is 1. The molecule has 0 N–H and O–H groups in total. The van der Waals surface area contributed by atoms with Crippen molar-refractivity contribution in [3.8, 4) is 28.7 Å². The molecule has 0 saturated heterocycles. The van der Waals surface area contributed by atoms with Gasteiger partial charge >= 0.3 is 0 Å². The quantitative estimate of drug-likeness (QED) is 0.301. The van der Waals surface area contributed by atoms with E-state index in [1.165, 1.54) is 17.8 Å². The largest absolute Gasteiger partial charge is 0.461 e. The molecule has 32 heavy (non-hydrogen) atoms. The molecule has 0 saturated carbocycles. The molecule has 5 rings (SSSR count). The summed E-state index contributed by atoms with van der Waals surface area (Å²) >= 11 is 1.39. The maximum atomic E-state index is 14.6. The minimum absolute atomic E-state index is 0.229. The SMILES string of the molecule is Cc1ccc(-n2c(SC(C)c3nc(-c4ccco4)no3)nnc2-c2ccccc2F)cc1. The Morgan fingerprint density at radius 3 is 2.56 bits per heavy atom. The molecule has 0 radical (unpaired) electrons. The van der Waals surface area contributed by atoms with Crippen LogP contribution in [-0.4, -0.2) is 24.9 Å². The van der Waals surface area contributed by atoms with Gasteiger partial charge in [-0.25, -0.2) is 4.39 Å². The topological polar surface area (TPSA) is 82.8 Å². The molecule has 0 aliphatic heterocycles. The monoisotopic (exact) mass is 447 g/mol. The van der Waals surface area contributed by atoms with Gasteiger partial charge in [-0.1, -0.05) is 46.7 Å². The molecule has 2 aromatic carbocycles. The molecule has 1 unspecified atom stereocenters. The zero-order chi connectivity index (χ0) is 22.1. The van der Waals surface area contributed by atoms with Crippen molar-refractivity contribution in [2.75, 3.05) is 0 Å². The number of rotatable bonds is 6. The predicted octanol–water partition coefficient (Wildman–Crippen LogP) is 5.88. The van der Waals surface area contributed by atoms with Crippen LogP contribution in [0.3, 0.4) is 0 Å². The lowest BCUT2D eigenvalue weighted by Gasteiger charge is -2.12. The van der Waals surface area contributed by atoms with E-state index in [9.17, 15) is 4.39 Å². The van der Waals surface area contributed by atoms with Crippen LogP contribution < -0.4 is 0 Å². The molecule has 160 valence electrons. The van der Waals surface area contributed by atoms with Gasteiger partial charge in [0, 0.05) is 5.69 Å². The first kappa shape index (κ1) is 20.2. The van der Waals surface area contributed by atoms with Gasteiger partial charge in [-0.2, -0.15) is 4.98 Å². The van der Waals surface area contributed by atoms with E-state index < -0.39 is 0 Å². The lowest BCUT2D eigenvalue weighted by Crippen LogP contribution is -2.02. The highest BCUT2D eigenvalue weighted by Gasteiger charge is 2.24. The Hall–Kier alpha value is -3.72. The van der Waals surface area contributed by atoms with Crippen molar-refractivity contribution in [2.24, 2.45) is 0 Å². The maximum Gasteiger partial charge on any atom is 0.240 e. The Labute approximate surface area is 187 Å². The van der Waals surface area contributed by atoms with Crippen LogP contribution in [0, 0.1) is 12.7 Å². The van der Waals surface area contributed by atoms with Gasteiger partial charge in [0.15, 0.2) is 16.7 Å². The summed E-state index contributed by atoms with van der Waals surface area (Å²) in [5.74, 6) is 1.39. The van der Waals surface area contributed by atoms with E-state index in [0.717, 1.165) is 11.3 Å². The van der Waals surface area contributed by atoms with Crippen molar-refractivity contribution in [1.82, 2.24) is 24.9 Å². The summed E-state index contributed by atoms with van der Waals surface area (Å²) in [5.41, 5.74) is 2.32. The molecule has 5 aromatic rings. The van der Waals surface area contributed by atoms with E-state index in [1.54, 1.807) is 36.6 Å². The third kappa shape index (κ3) is 3.82. The van der Waals surface area contributed by atoms with E-state index in [1.807, 2.05) is 42.7 Å². The minimum Gasteiger partial charge on any atom is -0.461 e. The molecule has 1 atom stereocenters. The lowest BCUT2D eigenvalue weighted by atomic mass is 10.2. The number of benzene rings is 2. The molecule has 3 aromatic heterocycles. The molecule has 0 fully saturated rings. The number of halogens is 1. The summed E-state index contributed by atoms with van der Waals surface area (Å²) in [4.78, 5) is 4.43. The predicted molar refractivity (Wildman–Crippen MR) is 118 cm³/mol. The van der Waals surface area contributed by atoms with Gasteiger partial charge in [0.25, 0.3) is 0 Å². The summed E-state index contributed by atoms with van der Waals surface area (Å²) in [6, 6.07) is 17.9. The van der Waals surface area contributed by atoms with Gasteiger partial charge in [0.1, 0.15) is 5.82 Å². The van der Waals surface area contributed by atoms with Gasteiger partial charge < -0.3 is 8.94 Å². The first-order chi connectivity index (χ1) is 15.6. The normalized spacial score (nSPS) is 12.2. The summed E-state index contributed by atoms with van der Waals surface area (Å²) in [7, 11) is 0. The van der Waals surface area contributed by atoms with Crippen molar-refractivity contribution in [3.05, 3.63) is 84.2 Å². The Morgan fingerprint density at radius 1 is 1.00 bits per heavy atom. The molecule has 7 nitrogen and oxygen atoms in total. The highest BCUT2D eigenvalue weighted by molar-refractivity contribution is 7.99. The van der Waals surface area contributed by atoms with E-state index in [-0.39, 0.29) is 11.1 Å². The average molecular weight is 447 g/mol. The Bertz CT molecular complexity index is 1350. The van der Waals surface area contributed by atoms with Crippen molar-refractivity contribution < 1.29 is 13.3 Å². The van der Waals surface area contributed by atoms with Crippen LogP contribution >= 0.6 is 11.8 Å². The molecular weight excluding hydrogens is 429 g/mol. The first-order valence-electron chi connectivity index (χ1n) is 9.91. The number of aromatic nitrogens is 5. The van der Waals surface area contributed by atoms with Crippen molar-refractivity contribution in [3.63, 3.8) is 0 Å². The first-order valence-corrected chi connectivity index (χ1v) is 10.8. The molecule has 0 aliphatic carbocycles. The second-order valence-electron chi connectivity index (χ2n) is 7.15. The highest BCUT2D eigenvalue weighted by Crippen LogP contribution is 2.37. The van der Waals surface area contributed by atoms with Gasteiger partial charge in [-0.15, -0.1) is 10.2 Å². The van der Waals surface area contributed by atoms with E-state index in [2.05, 4.69) is 20.3 Å². The van der Waals surface area contributed by atoms with Gasteiger partial charge in [-0.3, -0.25) is 4.57 Å². The van der Waals surface area contributed by atoms with E-state index in [4.69, 9.17) is 8.94 Å². The van der Waals surface area contributed by atoms with Crippen molar-refractivity contribution in [1.29, 1.82) is 0 Å². The summed E-state index contributed by atoms with van der Waals surface area (Å²) < 4.78 is 27.2. The fourth-order valence-electron chi connectivity index (χ4n) is 3.20. The van der Waals surface area contributed by atoms with Gasteiger partial charge in [0.2, 0.25) is 11.7 Å². The third-order valence-electron chi connectivity index (χ3n) is 4.85. The standard InChI is InChI=1S/C23H18FN5O2S/c1-14-9-11-16(12-10-14)29-21(17-6-3-4-7-18(17)24)26-27-23(29)32-15(2)22-25-20(28-31-22)19-8-5-13-30-19/h3-13,15H,1-2H3. The van der Waals surface area contributed by atoms with Crippen LogP contribution in [-0.2, 0) is 0 Å². The zero-order valence-corrected chi connectivity index (χ0v) is 18.1. The third-order valence-corrected chi connectivity index (χ3v) is 5.88. The summed E-state index contributed by atoms with van der Waals surface area (Å²) in [6.45, 7) is 3.94. The van der Waals surface area contributed by atoms with Crippen LogP contribution in [0.15, 0.2) is 81.0 Å². The fourth-order valence-corrected chi connectivity index (χ4v) is 4.10. The number of thioether (sulfide) groups is 1. The molecule has 0 spiro atoms. The second kappa shape index (κ2) is 8.43. The van der Waals surface area contributed by atoms with Gasteiger partial charge in [-0.05, 0) is 50.2 Å². The maximum absolute atomic E-state index is 14.6. The number of aryl methyl sites for hydroxylation is 1. The molecule has 0 bridgehead atoms. The van der Waals surface area contributed by atoms with E-state index in [0.29, 0.717) is 34.0 Å². The lowest BCUT2D eigenvalue weighted by molar-refractivity contribution is 0.379. The molecule has 3 heterocycles. The zero-order valence-electron chi connectivity index (χ0n) is 17.3. The fraction of sp³-hybridized carbons (Fsp3) is 0.130. The van der Waals surface area contributed by atoms with Gasteiger partial charge in [0.05, 0.1) is 17.1 Å². The Kier molecular flexibility index (Phi) is 5.32. The molecule has 9 heteroatoms. The minimum atomic E-state index is -0.363. The molecular formula is C23H18FN5O2S. The van der Waals surface area contributed by atoms with Crippen molar-refractivity contribution in [2.45, 2.75) is 24.3 Å². The van der Waals surface area contributed by atoms with Crippen LogP contribution in [0.2, 0.25) is 0 Å².